The van der Waals surface area contributed by atoms with E-state index in [-0.39, 0.29) is 11.4 Å². The van der Waals surface area contributed by atoms with Crippen LogP contribution in [0.25, 0.3) is 5.69 Å². The Morgan fingerprint density at radius 2 is 1.97 bits per heavy atom. The maximum atomic E-state index is 11.4. The lowest BCUT2D eigenvalue weighted by molar-refractivity contribution is -0.139. The maximum Gasteiger partial charge on any atom is 0.320 e. The minimum absolute atomic E-state index is 0.0289. The molecule has 6 rings (SSSR count). The lowest BCUT2D eigenvalue weighted by Crippen LogP contribution is -2.41. The normalized spacial score (nSPS) is 21.5. The first-order valence-corrected chi connectivity index (χ1v) is 13.5. The Labute approximate surface area is 222 Å². The number of hydrogen-bond acceptors (Lipinski definition) is 8. The number of aliphatic carboxylic acids is 1. The van der Waals surface area contributed by atoms with Crippen LogP contribution in [-0.4, -0.2) is 56.5 Å². The lowest BCUT2D eigenvalue weighted by atomic mass is 9.76. The molecule has 2 aromatic heterocycles. The van der Waals surface area contributed by atoms with E-state index in [1.165, 1.54) is 5.56 Å². The summed E-state index contributed by atoms with van der Waals surface area (Å²) in [4.78, 5) is 22.6. The van der Waals surface area contributed by atoms with Gasteiger partial charge in [-0.15, -0.1) is 0 Å². The number of aromatic nitrogens is 4. The maximum absolute atomic E-state index is 11.4. The second kappa shape index (κ2) is 9.27. The number of carboxylic acids is 1. The summed E-state index contributed by atoms with van der Waals surface area (Å²) < 4.78 is 8.56. The molecule has 0 radical (unpaired) electrons. The van der Waals surface area contributed by atoms with Crippen molar-refractivity contribution in [3.63, 3.8) is 0 Å². The molecule has 1 aromatic carbocycles. The molecule has 4 N–H and O–H groups in total. The van der Waals surface area contributed by atoms with E-state index in [9.17, 15) is 9.90 Å². The van der Waals surface area contributed by atoms with Crippen molar-refractivity contribution in [2.24, 2.45) is 5.41 Å². The highest BCUT2D eigenvalue weighted by Gasteiger charge is 2.50. The Kier molecular flexibility index (Phi) is 6.02. The fourth-order valence-electron chi connectivity index (χ4n) is 5.98. The molecule has 4 heterocycles. The number of carboxylic acid groups (broad SMARTS) is 1. The van der Waals surface area contributed by atoms with E-state index in [0.717, 1.165) is 74.5 Å². The number of benzene rings is 1. The van der Waals surface area contributed by atoms with E-state index < -0.39 is 17.6 Å². The number of ether oxygens (including phenoxy) is 1. The van der Waals surface area contributed by atoms with Gasteiger partial charge in [-0.2, -0.15) is 15.1 Å². The number of aryl methyl sites for hydroxylation is 2. The van der Waals surface area contributed by atoms with E-state index >= 15 is 0 Å². The first kappa shape index (κ1) is 24.7. The van der Waals surface area contributed by atoms with Crippen LogP contribution in [0.4, 0.5) is 11.8 Å². The summed E-state index contributed by atoms with van der Waals surface area (Å²) in [5, 5.41) is 17.2. The fraction of sp³-hybridized carbons (Fsp3) is 0.500. The summed E-state index contributed by atoms with van der Waals surface area (Å²) in [5.74, 6) is 0.652. The highest BCUT2D eigenvalue weighted by molar-refractivity contribution is 5.74. The third-order valence-corrected chi connectivity index (χ3v) is 8.45. The first-order chi connectivity index (χ1) is 18.3. The van der Waals surface area contributed by atoms with Gasteiger partial charge < -0.3 is 25.8 Å². The third kappa shape index (κ3) is 4.57. The zero-order valence-electron chi connectivity index (χ0n) is 22.0. The average molecular weight is 518 g/mol. The van der Waals surface area contributed by atoms with Gasteiger partial charge in [0.05, 0.1) is 11.4 Å². The predicted molar refractivity (Wildman–Crippen MR) is 144 cm³/mol. The molecule has 10 nitrogen and oxygen atoms in total. The molecule has 1 atom stereocenters. The highest BCUT2D eigenvalue weighted by Crippen LogP contribution is 2.51. The number of rotatable bonds is 7. The van der Waals surface area contributed by atoms with Crippen molar-refractivity contribution in [1.29, 1.82) is 0 Å². The zero-order chi connectivity index (χ0) is 26.5. The molecule has 10 heteroatoms. The van der Waals surface area contributed by atoms with Gasteiger partial charge in [0, 0.05) is 37.5 Å². The summed E-state index contributed by atoms with van der Waals surface area (Å²) in [6.07, 6.45) is 7.18. The van der Waals surface area contributed by atoms with Gasteiger partial charge in [0.2, 0.25) is 11.8 Å². The Morgan fingerprint density at radius 3 is 2.61 bits per heavy atom. The summed E-state index contributed by atoms with van der Waals surface area (Å²) in [7, 11) is 0. The van der Waals surface area contributed by atoms with E-state index in [1.807, 2.05) is 29.9 Å². The van der Waals surface area contributed by atoms with Gasteiger partial charge in [0.1, 0.15) is 17.5 Å². The van der Waals surface area contributed by atoms with Crippen molar-refractivity contribution >= 4 is 17.7 Å². The molecule has 2 aliphatic heterocycles. The Balaban J connectivity index is 1.23. The van der Waals surface area contributed by atoms with Crippen molar-refractivity contribution in [1.82, 2.24) is 25.1 Å². The Hall–Kier alpha value is -3.66. The van der Waals surface area contributed by atoms with E-state index in [1.54, 1.807) is 0 Å². The van der Waals surface area contributed by atoms with E-state index in [0.29, 0.717) is 12.3 Å². The van der Waals surface area contributed by atoms with Crippen LogP contribution in [0.5, 0.6) is 5.88 Å². The summed E-state index contributed by atoms with van der Waals surface area (Å²) in [6, 6.07) is 9.95. The Morgan fingerprint density at radius 1 is 1.18 bits per heavy atom. The van der Waals surface area contributed by atoms with Gasteiger partial charge in [0.25, 0.3) is 0 Å². The molecule has 200 valence electrons. The van der Waals surface area contributed by atoms with Crippen LogP contribution in [-0.2, 0) is 16.8 Å². The minimum atomic E-state index is -0.765. The molecule has 0 unspecified atom stereocenters. The van der Waals surface area contributed by atoms with Crippen LogP contribution in [0, 0.1) is 12.3 Å². The molecule has 1 spiro atoms. The smallest absolute Gasteiger partial charge is 0.320 e. The number of nitrogens with one attached hydrogen (secondary N) is 1. The average Bonchev–Trinajstić information content (AvgIpc) is 3.35. The topological polar surface area (TPSA) is 131 Å². The van der Waals surface area contributed by atoms with Gasteiger partial charge in [-0.25, -0.2) is 4.68 Å². The van der Waals surface area contributed by atoms with Gasteiger partial charge in [0.15, 0.2) is 0 Å². The standard InChI is InChI=1S/C28H35N7O3/c1-3-19-4-5-22(35-11-6-18(2)33-35)20(14-19)28(7-8-28)38-24-15-23(31-26(29)32-24)34-12-9-27(10-13-34)16-21(25(36)37)30-17-27/h4-6,11,14-15,21,30H,3,7-10,12-13,16-17H2,1-2H3,(H,36,37)(H2,29,31,32)/t21-/m0/s1. The van der Waals surface area contributed by atoms with Gasteiger partial charge >= 0.3 is 5.97 Å². The zero-order valence-corrected chi connectivity index (χ0v) is 22.0. The number of carbonyl (C=O) groups is 1. The number of piperidine rings is 1. The molecule has 38 heavy (non-hydrogen) atoms. The number of nitrogens with zero attached hydrogens (tertiary/aromatic N) is 5. The van der Waals surface area contributed by atoms with Crippen molar-refractivity contribution in [3.05, 3.63) is 53.3 Å². The third-order valence-electron chi connectivity index (χ3n) is 8.45. The predicted octanol–water partition coefficient (Wildman–Crippen LogP) is 3.22. The molecular weight excluding hydrogens is 482 g/mol. The highest BCUT2D eigenvalue weighted by atomic mass is 16.5. The van der Waals surface area contributed by atoms with E-state index in [4.69, 9.17) is 10.5 Å². The largest absolute Gasteiger partial charge is 0.480 e. The quantitative estimate of drug-likeness (QED) is 0.432. The van der Waals surface area contributed by atoms with Crippen LogP contribution in [0.15, 0.2) is 36.5 Å². The van der Waals surface area contributed by atoms with Crippen LogP contribution >= 0.6 is 0 Å². The molecular formula is C28H35N7O3. The molecule has 3 aliphatic rings. The van der Waals surface area contributed by atoms with E-state index in [2.05, 4.69) is 50.4 Å². The molecule has 1 saturated carbocycles. The van der Waals surface area contributed by atoms with Crippen molar-refractivity contribution in [2.75, 3.05) is 30.3 Å². The molecule has 3 aromatic rings. The fourth-order valence-corrected chi connectivity index (χ4v) is 5.98. The van der Waals surface area contributed by atoms with Gasteiger partial charge in [-0.05, 0) is 74.6 Å². The molecule has 2 saturated heterocycles. The molecule has 0 amide bonds. The number of anilines is 2. The second-order valence-electron chi connectivity index (χ2n) is 11.1. The van der Waals surface area contributed by atoms with Crippen molar-refractivity contribution < 1.29 is 14.6 Å². The number of nitrogen functional groups attached to an aromatic ring is 1. The van der Waals surface area contributed by atoms with Crippen molar-refractivity contribution in [3.8, 4) is 11.6 Å². The number of hydrogen-bond donors (Lipinski definition) is 3. The molecule has 1 aliphatic carbocycles. The second-order valence-corrected chi connectivity index (χ2v) is 11.1. The first-order valence-electron chi connectivity index (χ1n) is 13.5. The number of nitrogens with two attached hydrogens (primary N) is 1. The lowest BCUT2D eigenvalue weighted by Gasteiger charge is -2.39. The summed E-state index contributed by atoms with van der Waals surface area (Å²) in [5.41, 5.74) is 10.0. The van der Waals surface area contributed by atoms with Gasteiger partial charge in [-0.3, -0.25) is 4.79 Å². The minimum Gasteiger partial charge on any atom is -0.480 e. The van der Waals surface area contributed by atoms with Crippen LogP contribution in [0.3, 0.4) is 0 Å². The summed E-state index contributed by atoms with van der Waals surface area (Å²) >= 11 is 0. The monoisotopic (exact) mass is 517 g/mol. The van der Waals surface area contributed by atoms with Gasteiger partial charge in [-0.1, -0.05) is 13.0 Å². The molecule has 0 bridgehead atoms. The SMILES string of the molecule is CCc1ccc(-n2ccc(C)n2)c(C2(Oc3cc(N4CCC5(CC4)CN[C@H](C(=O)O)C5)nc(N)n3)CC2)c1. The van der Waals surface area contributed by atoms with Crippen LogP contribution < -0.4 is 20.7 Å². The van der Waals surface area contributed by atoms with Crippen LogP contribution in [0.1, 0.15) is 55.8 Å². The van der Waals surface area contributed by atoms with Crippen molar-refractivity contribution in [2.45, 2.75) is 64.0 Å². The Bertz CT molecular complexity index is 1360. The summed E-state index contributed by atoms with van der Waals surface area (Å²) in [6.45, 7) is 6.46. The van der Waals surface area contributed by atoms with Crippen LogP contribution in [0.2, 0.25) is 0 Å². The molecule has 3 fully saturated rings.